The molecule has 0 aliphatic carbocycles. The van der Waals surface area contributed by atoms with Crippen LogP contribution in [0.4, 0.5) is 0 Å². The Bertz CT molecular complexity index is 128. The zero-order valence-corrected chi connectivity index (χ0v) is 5.92. The van der Waals surface area contributed by atoms with Crippen molar-refractivity contribution in [3.8, 4) is 0 Å². The molecule has 1 unspecified atom stereocenters. The summed E-state index contributed by atoms with van der Waals surface area (Å²) < 4.78 is 4.71. The molecule has 0 aromatic carbocycles. The molecule has 5 nitrogen and oxygen atoms in total. The van der Waals surface area contributed by atoms with Crippen molar-refractivity contribution < 1.29 is 25.2 Å². The molecule has 0 radical (unpaired) electrons. The predicted octanol–water partition coefficient (Wildman–Crippen LogP) is -2.19. The molecule has 0 amide bonds. The Morgan fingerprint density at radius 2 is 1.91 bits per heavy atom. The van der Waals surface area contributed by atoms with E-state index in [0.717, 1.165) is 0 Å². The Balaban J connectivity index is 2.51. The monoisotopic (exact) mass is 164 g/mol. The third kappa shape index (κ3) is 1.88. The molecule has 1 aliphatic heterocycles. The highest BCUT2D eigenvalue weighted by Crippen LogP contribution is 2.18. The molecule has 66 valence electrons. The van der Waals surface area contributed by atoms with E-state index in [2.05, 4.69) is 0 Å². The third-order valence-electron chi connectivity index (χ3n) is 1.73. The smallest absolute Gasteiger partial charge is 0.157 e. The Morgan fingerprint density at radius 3 is 2.45 bits per heavy atom. The summed E-state index contributed by atoms with van der Waals surface area (Å²) in [6.07, 6.45) is -4.11. The first kappa shape index (κ1) is 8.89. The van der Waals surface area contributed by atoms with E-state index in [1.54, 1.807) is 0 Å². The topological polar surface area (TPSA) is 90.2 Å². The van der Waals surface area contributed by atoms with Gasteiger partial charge in [0, 0.05) is 6.42 Å². The van der Waals surface area contributed by atoms with Gasteiger partial charge in [0.15, 0.2) is 6.29 Å². The van der Waals surface area contributed by atoms with Crippen molar-refractivity contribution in [1.82, 2.24) is 0 Å². The normalized spacial score (nSPS) is 45.8. The second-order valence-corrected chi connectivity index (χ2v) is 2.61. The van der Waals surface area contributed by atoms with Crippen LogP contribution < -0.4 is 0 Å². The van der Waals surface area contributed by atoms with Gasteiger partial charge in [0.1, 0.15) is 12.2 Å². The lowest BCUT2D eigenvalue weighted by molar-refractivity contribution is -0.239. The largest absolute Gasteiger partial charge is 0.394 e. The summed E-state index contributed by atoms with van der Waals surface area (Å²) in [6.45, 7) is -0.407. The Kier molecular flexibility index (Phi) is 2.80. The van der Waals surface area contributed by atoms with Crippen LogP contribution in [-0.4, -0.2) is 51.6 Å². The second kappa shape index (κ2) is 3.46. The lowest BCUT2D eigenvalue weighted by Crippen LogP contribution is -2.49. The van der Waals surface area contributed by atoms with Crippen LogP contribution in [0.15, 0.2) is 0 Å². The molecule has 1 rings (SSSR count). The van der Waals surface area contributed by atoms with Gasteiger partial charge in [-0.1, -0.05) is 0 Å². The molecule has 1 fully saturated rings. The average molecular weight is 164 g/mol. The van der Waals surface area contributed by atoms with E-state index in [-0.39, 0.29) is 6.42 Å². The van der Waals surface area contributed by atoms with Crippen molar-refractivity contribution >= 4 is 0 Å². The highest BCUT2D eigenvalue weighted by molar-refractivity contribution is 4.81. The van der Waals surface area contributed by atoms with Gasteiger partial charge in [-0.25, -0.2) is 0 Å². The quantitative estimate of drug-likeness (QED) is 0.353. The van der Waals surface area contributed by atoms with Gasteiger partial charge in [-0.05, 0) is 0 Å². The molecule has 0 aromatic rings. The van der Waals surface area contributed by atoms with E-state index in [1.807, 2.05) is 0 Å². The van der Waals surface area contributed by atoms with Crippen molar-refractivity contribution in [2.45, 2.75) is 31.0 Å². The van der Waals surface area contributed by atoms with Gasteiger partial charge in [-0.3, -0.25) is 0 Å². The van der Waals surface area contributed by atoms with Crippen LogP contribution in [0, 0.1) is 0 Å². The third-order valence-corrected chi connectivity index (χ3v) is 1.73. The summed E-state index contributed by atoms with van der Waals surface area (Å²) in [7, 11) is 0. The first-order valence-corrected chi connectivity index (χ1v) is 3.45. The maximum absolute atomic E-state index is 9.11. The Morgan fingerprint density at radius 1 is 1.27 bits per heavy atom. The predicted molar refractivity (Wildman–Crippen MR) is 34.6 cm³/mol. The first-order chi connectivity index (χ1) is 5.15. The lowest BCUT2D eigenvalue weighted by Gasteiger charge is -2.33. The molecule has 0 spiro atoms. The van der Waals surface area contributed by atoms with E-state index in [4.69, 9.17) is 25.2 Å². The lowest BCUT2D eigenvalue weighted by atomic mass is 10.0. The van der Waals surface area contributed by atoms with Gasteiger partial charge in [-0.2, -0.15) is 0 Å². The molecule has 0 bridgehead atoms. The van der Waals surface area contributed by atoms with Crippen molar-refractivity contribution in [3.63, 3.8) is 0 Å². The first-order valence-electron chi connectivity index (χ1n) is 3.45. The number of hydrogen-bond donors (Lipinski definition) is 4. The minimum absolute atomic E-state index is 0.0162. The van der Waals surface area contributed by atoms with E-state index in [0.29, 0.717) is 0 Å². The molecule has 5 heteroatoms. The van der Waals surface area contributed by atoms with Crippen LogP contribution in [0.3, 0.4) is 0 Å². The molecule has 4 atom stereocenters. The van der Waals surface area contributed by atoms with Gasteiger partial charge in [0.25, 0.3) is 0 Å². The van der Waals surface area contributed by atoms with Crippen molar-refractivity contribution in [3.05, 3.63) is 0 Å². The number of hydrogen-bond acceptors (Lipinski definition) is 5. The molecule has 4 N–H and O–H groups in total. The fourth-order valence-electron chi connectivity index (χ4n) is 1.08. The maximum atomic E-state index is 9.11. The maximum Gasteiger partial charge on any atom is 0.157 e. The number of aliphatic hydroxyl groups excluding tert-OH is 4. The van der Waals surface area contributed by atoms with Gasteiger partial charge < -0.3 is 25.2 Å². The van der Waals surface area contributed by atoms with Crippen LogP contribution in [0.2, 0.25) is 0 Å². The zero-order valence-electron chi connectivity index (χ0n) is 5.92. The SMILES string of the molecule is OCC1O[C@H](O)C[C@@H](O)[C@H]1O. The van der Waals surface area contributed by atoms with E-state index in [1.165, 1.54) is 0 Å². The van der Waals surface area contributed by atoms with E-state index < -0.39 is 31.2 Å². The van der Waals surface area contributed by atoms with Crippen molar-refractivity contribution in [2.24, 2.45) is 0 Å². The fraction of sp³-hybridized carbons (Fsp3) is 1.00. The molecular formula is C6H12O5. The van der Waals surface area contributed by atoms with Gasteiger partial charge in [0.2, 0.25) is 0 Å². The van der Waals surface area contributed by atoms with Crippen LogP contribution >= 0.6 is 0 Å². The minimum Gasteiger partial charge on any atom is -0.394 e. The van der Waals surface area contributed by atoms with Crippen LogP contribution in [0.5, 0.6) is 0 Å². The molecule has 1 heterocycles. The second-order valence-electron chi connectivity index (χ2n) is 2.61. The summed E-state index contributed by atoms with van der Waals surface area (Å²) in [5, 5.41) is 35.6. The number of rotatable bonds is 1. The van der Waals surface area contributed by atoms with Gasteiger partial charge in [-0.15, -0.1) is 0 Å². The summed E-state index contributed by atoms with van der Waals surface area (Å²) in [5.74, 6) is 0. The van der Waals surface area contributed by atoms with Crippen LogP contribution in [0.25, 0.3) is 0 Å². The summed E-state index contributed by atoms with van der Waals surface area (Å²) in [5.41, 5.74) is 0. The van der Waals surface area contributed by atoms with Crippen molar-refractivity contribution in [1.29, 1.82) is 0 Å². The van der Waals surface area contributed by atoms with E-state index in [9.17, 15) is 0 Å². The standard InChI is InChI=1S/C6H12O5/c7-2-4-6(10)3(8)1-5(9)11-4/h3-10H,1-2H2/t3-,4?,5+,6-/m1/s1. The molecule has 0 saturated carbocycles. The Hall–Kier alpha value is -0.200. The summed E-state index contributed by atoms with van der Waals surface area (Å²) in [6, 6.07) is 0. The van der Waals surface area contributed by atoms with Gasteiger partial charge >= 0.3 is 0 Å². The number of aliphatic hydroxyl groups is 4. The zero-order chi connectivity index (χ0) is 8.43. The molecule has 1 saturated heterocycles. The summed E-state index contributed by atoms with van der Waals surface area (Å²) in [4.78, 5) is 0. The highest BCUT2D eigenvalue weighted by Gasteiger charge is 2.35. The summed E-state index contributed by atoms with van der Waals surface area (Å²) >= 11 is 0. The van der Waals surface area contributed by atoms with Gasteiger partial charge in [0.05, 0.1) is 12.7 Å². The molecular weight excluding hydrogens is 152 g/mol. The van der Waals surface area contributed by atoms with Crippen LogP contribution in [0.1, 0.15) is 6.42 Å². The van der Waals surface area contributed by atoms with Crippen LogP contribution in [-0.2, 0) is 4.74 Å². The minimum atomic E-state index is -1.11. The molecule has 11 heavy (non-hydrogen) atoms. The average Bonchev–Trinajstić information content (AvgIpc) is 1.96. The highest BCUT2D eigenvalue weighted by atomic mass is 16.6. The molecule has 1 aliphatic rings. The Labute approximate surface area is 63.8 Å². The fourth-order valence-corrected chi connectivity index (χ4v) is 1.08. The molecule has 0 aromatic heterocycles. The number of ether oxygens (including phenoxy) is 1. The van der Waals surface area contributed by atoms with Crippen molar-refractivity contribution in [2.75, 3.05) is 6.61 Å². The van der Waals surface area contributed by atoms with E-state index >= 15 is 0 Å².